The van der Waals surface area contributed by atoms with Crippen molar-refractivity contribution in [2.24, 2.45) is 10.9 Å². The van der Waals surface area contributed by atoms with Gasteiger partial charge in [0.05, 0.1) is 17.2 Å². The van der Waals surface area contributed by atoms with Gasteiger partial charge in [-0.2, -0.15) is 0 Å². The highest BCUT2D eigenvalue weighted by atomic mass is 32.2. The zero-order valence-corrected chi connectivity index (χ0v) is 21.0. The molecule has 4 rings (SSSR count). The van der Waals surface area contributed by atoms with Crippen molar-refractivity contribution in [3.05, 3.63) is 64.6 Å². The number of anilines is 1. The molecular formula is C22H21N7O6S2. The summed E-state index contributed by atoms with van der Waals surface area (Å²) in [5, 5.41) is 19.3. The molecule has 4 heterocycles. The number of carbonyl (C=O) groups excluding carboxylic acids is 4. The minimum absolute atomic E-state index is 0.164. The van der Waals surface area contributed by atoms with E-state index in [-0.39, 0.29) is 28.0 Å². The number of amides is 3. The van der Waals surface area contributed by atoms with E-state index in [4.69, 9.17) is 16.3 Å². The minimum Gasteiger partial charge on any atom is -0.543 e. The number of rotatable bonds is 9. The first-order valence-electron chi connectivity index (χ1n) is 10.7. The number of thiazole rings is 1. The SMILES string of the molecule is CO/N=C(\C(=O)NC1C(=O)N2C(C(=O)[O-])=C(/C=C/C[n+]3ccc(C(N)=O)cc3)CS[C@@H]12)c1csc(N)n1. The second kappa shape index (κ2) is 10.8. The number of nitrogens with one attached hydrogen (secondary N) is 1. The lowest BCUT2D eigenvalue weighted by atomic mass is 10.0. The van der Waals surface area contributed by atoms with Gasteiger partial charge in [-0.3, -0.25) is 19.3 Å². The number of fused-ring (bicyclic) bond motifs is 1. The predicted octanol–water partition coefficient (Wildman–Crippen LogP) is -1.88. The summed E-state index contributed by atoms with van der Waals surface area (Å²) in [6, 6.07) is 2.17. The van der Waals surface area contributed by atoms with Crippen molar-refractivity contribution in [1.29, 1.82) is 0 Å². The molecular weight excluding hydrogens is 522 g/mol. The summed E-state index contributed by atoms with van der Waals surface area (Å²) >= 11 is 2.41. The van der Waals surface area contributed by atoms with Crippen molar-refractivity contribution in [2.75, 3.05) is 18.6 Å². The van der Waals surface area contributed by atoms with Crippen molar-refractivity contribution in [3.63, 3.8) is 0 Å². The Morgan fingerprint density at radius 2 is 2.11 bits per heavy atom. The first-order valence-corrected chi connectivity index (χ1v) is 12.6. The lowest BCUT2D eigenvalue weighted by Crippen LogP contribution is -2.71. The van der Waals surface area contributed by atoms with Crippen LogP contribution in [0.5, 0.6) is 0 Å². The van der Waals surface area contributed by atoms with Gasteiger partial charge in [-0.1, -0.05) is 11.2 Å². The number of thioether (sulfide) groups is 1. The van der Waals surface area contributed by atoms with Crippen molar-refractivity contribution >= 4 is 57.6 Å². The molecule has 2 aromatic heterocycles. The summed E-state index contributed by atoms with van der Waals surface area (Å²) < 4.78 is 1.76. The van der Waals surface area contributed by atoms with Crippen molar-refractivity contribution in [2.45, 2.75) is 18.0 Å². The van der Waals surface area contributed by atoms with Crippen molar-refractivity contribution < 1.29 is 33.7 Å². The number of hydrogen-bond donors (Lipinski definition) is 3. The average Bonchev–Trinajstić information content (AvgIpc) is 3.31. The minimum atomic E-state index is -1.50. The van der Waals surface area contributed by atoms with Crippen LogP contribution in [-0.4, -0.2) is 63.6 Å². The molecule has 0 radical (unpaired) electrons. The van der Waals surface area contributed by atoms with Crippen molar-refractivity contribution in [3.8, 4) is 0 Å². The lowest BCUT2D eigenvalue weighted by Gasteiger charge is -2.50. The Morgan fingerprint density at radius 3 is 2.70 bits per heavy atom. The highest BCUT2D eigenvalue weighted by Crippen LogP contribution is 2.40. The Bertz CT molecular complexity index is 1350. The van der Waals surface area contributed by atoms with Crippen LogP contribution in [0, 0.1) is 0 Å². The monoisotopic (exact) mass is 543 g/mol. The van der Waals surface area contributed by atoms with Gasteiger partial charge in [-0.15, -0.1) is 23.1 Å². The van der Waals surface area contributed by atoms with Crippen LogP contribution < -0.4 is 26.5 Å². The van der Waals surface area contributed by atoms with Gasteiger partial charge in [0.25, 0.3) is 11.8 Å². The normalized spacial score (nSPS) is 19.4. The van der Waals surface area contributed by atoms with E-state index in [0.717, 1.165) is 16.2 Å². The fraction of sp³-hybridized carbons (Fsp3) is 0.227. The number of nitrogen functional groups attached to an aromatic ring is 1. The standard InChI is InChI=1S/C22H21N7O6S2/c1-35-27-14(13-10-37-22(24)25-13)18(31)26-15-19(32)29-16(21(33)34)12(9-36-20(15)29)3-2-6-28-7-4-11(5-8-28)17(23)30/h2-5,7-8,10,15,20H,6,9H2,1H3,(H5-,23,24,25,26,30,31,33,34)/b3-2+,27-14-/t15?,20-/m0/s1. The lowest BCUT2D eigenvalue weighted by molar-refractivity contribution is -0.687. The number of nitrogens with two attached hydrogens (primary N) is 2. The molecule has 2 aliphatic heterocycles. The number of carboxylic acids is 1. The maximum absolute atomic E-state index is 12.9. The molecule has 1 saturated heterocycles. The number of primary amides is 1. The van der Waals surface area contributed by atoms with E-state index >= 15 is 0 Å². The van der Waals surface area contributed by atoms with Gasteiger partial charge >= 0.3 is 0 Å². The maximum atomic E-state index is 12.9. The Labute approximate surface area is 218 Å². The summed E-state index contributed by atoms with van der Waals surface area (Å²) in [6.45, 7) is 0.381. The van der Waals surface area contributed by atoms with E-state index < -0.39 is 35.1 Å². The summed E-state index contributed by atoms with van der Waals surface area (Å²) in [6.07, 6.45) is 6.66. The van der Waals surface area contributed by atoms with Crippen molar-refractivity contribution in [1.82, 2.24) is 15.2 Å². The molecule has 15 heteroatoms. The van der Waals surface area contributed by atoms with Crippen LogP contribution in [0.2, 0.25) is 0 Å². The molecule has 0 bridgehead atoms. The topological polar surface area (TPSA) is 197 Å². The summed E-state index contributed by atoms with van der Waals surface area (Å²) in [5.41, 5.74) is 11.4. The summed E-state index contributed by atoms with van der Waals surface area (Å²) in [5.74, 6) is -3.07. The molecule has 192 valence electrons. The van der Waals surface area contributed by atoms with Crippen LogP contribution in [-0.2, 0) is 25.8 Å². The molecule has 0 aliphatic carbocycles. The largest absolute Gasteiger partial charge is 0.543 e. The molecule has 2 aromatic rings. The van der Waals surface area contributed by atoms with Crippen LogP contribution in [0.25, 0.3) is 0 Å². The molecule has 2 aliphatic rings. The van der Waals surface area contributed by atoms with Crippen LogP contribution in [0.15, 0.2) is 58.5 Å². The van der Waals surface area contributed by atoms with E-state index in [1.54, 1.807) is 41.2 Å². The third kappa shape index (κ3) is 5.31. The van der Waals surface area contributed by atoms with E-state index in [0.29, 0.717) is 17.7 Å². The zero-order chi connectivity index (χ0) is 26.7. The van der Waals surface area contributed by atoms with E-state index in [2.05, 4.69) is 15.5 Å². The Hall–Kier alpha value is -4.24. The van der Waals surface area contributed by atoms with E-state index in [1.807, 2.05) is 0 Å². The first kappa shape index (κ1) is 25.8. The number of nitrogens with zero attached hydrogens (tertiary/aromatic N) is 4. The van der Waals surface area contributed by atoms with Gasteiger partial charge in [-0.05, 0) is 11.6 Å². The predicted molar refractivity (Wildman–Crippen MR) is 131 cm³/mol. The van der Waals surface area contributed by atoms with Gasteiger partial charge in [0.1, 0.15) is 24.2 Å². The second-order valence-electron chi connectivity index (χ2n) is 7.77. The Kier molecular flexibility index (Phi) is 7.54. The number of carboxylic acid groups (broad SMARTS) is 1. The average molecular weight is 544 g/mol. The van der Waals surface area contributed by atoms with Crippen LogP contribution >= 0.6 is 23.1 Å². The first-order chi connectivity index (χ1) is 17.7. The number of oxime groups is 1. The number of aromatic nitrogens is 2. The smallest absolute Gasteiger partial charge is 0.276 e. The quantitative estimate of drug-likeness (QED) is 0.140. The summed E-state index contributed by atoms with van der Waals surface area (Å²) in [4.78, 5) is 58.7. The molecule has 1 fully saturated rings. The number of aliphatic carboxylic acids is 1. The van der Waals surface area contributed by atoms with Gasteiger partial charge in [-0.25, -0.2) is 9.55 Å². The fourth-order valence-electron chi connectivity index (χ4n) is 3.72. The Morgan fingerprint density at radius 1 is 1.38 bits per heavy atom. The highest BCUT2D eigenvalue weighted by Gasteiger charge is 2.53. The maximum Gasteiger partial charge on any atom is 0.276 e. The number of carbonyl (C=O) groups is 4. The number of β-lactam (4-membered cyclic amide) rings is 1. The molecule has 5 N–H and O–H groups in total. The zero-order valence-electron chi connectivity index (χ0n) is 19.3. The Balaban J connectivity index is 1.47. The molecule has 0 aromatic carbocycles. The van der Waals surface area contributed by atoms with Gasteiger partial charge in [0.15, 0.2) is 29.8 Å². The third-order valence-corrected chi connectivity index (χ3v) is 7.43. The summed E-state index contributed by atoms with van der Waals surface area (Å²) in [7, 11) is 1.26. The van der Waals surface area contributed by atoms with Gasteiger partial charge < -0.3 is 31.5 Å². The number of hydrogen-bond acceptors (Lipinski definition) is 11. The number of allylic oxidation sites excluding steroid dienone is 2. The molecule has 0 spiro atoms. The fourth-order valence-corrected chi connectivity index (χ4v) is 5.59. The van der Waals surface area contributed by atoms with E-state index in [1.165, 1.54) is 24.3 Å². The molecule has 1 unspecified atom stereocenters. The van der Waals surface area contributed by atoms with E-state index in [9.17, 15) is 24.3 Å². The van der Waals surface area contributed by atoms with Crippen LogP contribution in [0.4, 0.5) is 5.13 Å². The van der Waals surface area contributed by atoms with Crippen LogP contribution in [0.3, 0.4) is 0 Å². The molecule has 3 amide bonds. The van der Waals surface area contributed by atoms with Gasteiger partial charge in [0, 0.05) is 23.3 Å². The van der Waals surface area contributed by atoms with Crippen LogP contribution in [0.1, 0.15) is 16.1 Å². The highest BCUT2D eigenvalue weighted by molar-refractivity contribution is 8.00. The third-order valence-electron chi connectivity index (χ3n) is 5.45. The van der Waals surface area contributed by atoms with Gasteiger partial charge in [0.2, 0.25) is 5.91 Å². The molecule has 13 nitrogen and oxygen atoms in total. The molecule has 2 atom stereocenters. The number of pyridine rings is 1. The second-order valence-corrected chi connectivity index (χ2v) is 9.76. The molecule has 0 saturated carbocycles. The molecule has 37 heavy (non-hydrogen) atoms.